The second-order valence-corrected chi connectivity index (χ2v) is 7.53. The van der Waals surface area contributed by atoms with E-state index >= 15 is 0 Å². The van der Waals surface area contributed by atoms with E-state index in [4.69, 9.17) is 9.72 Å². The van der Waals surface area contributed by atoms with Crippen LogP contribution in [0.15, 0.2) is 59.1 Å². The standard InChI is InChI=1S/C21H18BrNO/c1-21(2)15-8-5-9-18(24-3)19(15)20-16(21)10-11-17(23-20)13-6-4-7-14(22)12-13/h4-12H,1-3H3. The molecule has 0 unspecified atom stereocenters. The third-order valence-corrected chi connectivity index (χ3v) is 5.34. The van der Waals surface area contributed by atoms with Crippen LogP contribution in [0.5, 0.6) is 5.75 Å². The average molecular weight is 380 g/mol. The minimum Gasteiger partial charge on any atom is -0.496 e. The highest BCUT2D eigenvalue weighted by atomic mass is 79.9. The van der Waals surface area contributed by atoms with E-state index in [1.54, 1.807) is 7.11 Å². The van der Waals surface area contributed by atoms with Crippen LogP contribution in [0.2, 0.25) is 0 Å². The zero-order chi connectivity index (χ0) is 16.9. The number of rotatable bonds is 2. The van der Waals surface area contributed by atoms with E-state index in [0.29, 0.717) is 0 Å². The Morgan fingerprint density at radius 3 is 2.50 bits per heavy atom. The lowest BCUT2D eigenvalue weighted by Gasteiger charge is -2.21. The third kappa shape index (κ3) is 2.19. The van der Waals surface area contributed by atoms with Crippen molar-refractivity contribution in [3.63, 3.8) is 0 Å². The number of ether oxygens (including phenoxy) is 1. The Kier molecular flexibility index (Phi) is 3.50. The lowest BCUT2D eigenvalue weighted by molar-refractivity contribution is 0.416. The summed E-state index contributed by atoms with van der Waals surface area (Å²) in [6, 6.07) is 18.8. The predicted octanol–water partition coefficient (Wildman–Crippen LogP) is 5.83. The molecule has 4 rings (SSSR count). The average Bonchev–Trinajstić information content (AvgIpc) is 2.82. The summed E-state index contributed by atoms with van der Waals surface area (Å²) in [6.07, 6.45) is 0. The second-order valence-electron chi connectivity index (χ2n) is 6.61. The highest BCUT2D eigenvalue weighted by Crippen LogP contribution is 2.51. The van der Waals surface area contributed by atoms with Gasteiger partial charge in [-0.15, -0.1) is 0 Å². The van der Waals surface area contributed by atoms with Crippen molar-refractivity contribution in [3.05, 3.63) is 70.2 Å². The summed E-state index contributed by atoms with van der Waals surface area (Å²) < 4.78 is 6.68. The molecule has 0 spiro atoms. The molecule has 3 aromatic rings. The van der Waals surface area contributed by atoms with Gasteiger partial charge in [0.1, 0.15) is 5.75 Å². The zero-order valence-electron chi connectivity index (χ0n) is 13.9. The molecule has 0 fully saturated rings. The summed E-state index contributed by atoms with van der Waals surface area (Å²) in [5.74, 6) is 0.887. The molecule has 0 saturated heterocycles. The molecular weight excluding hydrogens is 362 g/mol. The van der Waals surface area contributed by atoms with Crippen molar-refractivity contribution in [2.45, 2.75) is 19.3 Å². The number of aromatic nitrogens is 1. The maximum absolute atomic E-state index is 5.62. The summed E-state index contributed by atoms with van der Waals surface area (Å²) in [4.78, 5) is 5.01. The highest BCUT2D eigenvalue weighted by molar-refractivity contribution is 9.10. The Morgan fingerprint density at radius 2 is 1.75 bits per heavy atom. The summed E-state index contributed by atoms with van der Waals surface area (Å²) in [5, 5.41) is 0. The van der Waals surface area contributed by atoms with Crippen molar-refractivity contribution < 1.29 is 4.74 Å². The molecule has 0 atom stereocenters. The number of methoxy groups -OCH3 is 1. The van der Waals surface area contributed by atoms with Gasteiger partial charge in [0.2, 0.25) is 0 Å². The number of benzene rings is 2. The number of fused-ring (bicyclic) bond motifs is 3. The lowest BCUT2D eigenvalue weighted by Crippen LogP contribution is -2.15. The molecule has 24 heavy (non-hydrogen) atoms. The molecule has 0 aliphatic heterocycles. The fourth-order valence-electron chi connectivity index (χ4n) is 3.57. The monoisotopic (exact) mass is 379 g/mol. The molecule has 1 heterocycles. The van der Waals surface area contributed by atoms with Crippen LogP contribution in [0, 0.1) is 0 Å². The Hall–Kier alpha value is -2.13. The van der Waals surface area contributed by atoms with Gasteiger partial charge in [0, 0.05) is 21.0 Å². The Labute approximate surface area is 150 Å². The quantitative estimate of drug-likeness (QED) is 0.558. The number of nitrogens with zero attached hydrogens (tertiary/aromatic N) is 1. The van der Waals surface area contributed by atoms with Crippen molar-refractivity contribution in [3.8, 4) is 28.3 Å². The van der Waals surface area contributed by atoms with Crippen LogP contribution >= 0.6 is 15.9 Å². The van der Waals surface area contributed by atoms with Crippen LogP contribution in [0.1, 0.15) is 25.0 Å². The van der Waals surface area contributed by atoms with Crippen molar-refractivity contribution in [2.24, 2.45) is 0 Å². The fraction of sp³-hybridized carbons (Fsp3) is 0.190. The Bertz CT molecular complexity index is 946. The molecule has 0 amide bonds. The number of halogens is 1. The van der Waals surface area contributed by atoms with E-state index in [1.165, 1.54) is 11.1 Å². The molecule has 1 aliphatic rings. The first-order chi connectivity index (χ1) is 11.5. The molecule has 1 aliphatic carbocycles. The van der Waals surface area contributed by atoms with Gasteiger partial charge in [-0.2, -0.15) is 0 Å². The summed E-state index contributed by atoms with van der Waals surface area (Å²) in [5.41, 5.74) is 6.69. The normalized spacial score (nSPS) is 14.2. The Balaban J connectivity index is 1.98. The molecule has 2 nitrogen and oxygen atoms in total. The minimum atomic E-state index is -0.0675. The van der Waals surface area contributed by atoms with Crippen LogP contribution in [-0.4, -0.2) is 12.1 Å². The molecule has 120 valence electrons. The lowest BCUT2D eigenvalue weighted by atomic mass is 9.83. The van der Waals surface area contributed by atoms with Gasteiger partial charge in [-0.05, 0) is 35.4 Å². The maximum atomic E-state index is 5.62. The second kappa shape index (κ2) is 5.45. The van der Waals surface area contributed by atoms with Crippen LogP contribution in [0.25, 0.3) is 22.5 Å². The summed E-state index contributed by atoms with van der Waals surface area (Å²) >= 11 is 3.54. The fourth-order valence-corrected chi connectivity index (χ4v) is 3.97. The van der Waals surface area contributed by atoms with Gasteiger partial charge in [0.15, 0.2) is 0 Å². The van der Waals surface area contributed by atoms with Gasteiger partial charge in [-0.1, -0.05) is 60.1 Å². The van der Waals surface area contributed by atoms with Gasteiger partial charge in [-0.3, -0.25) is 0 Å². The summed E-state index contributed by atoms with van der Waals surface area (Å²) in [7, 11) is 1.72. The third-order valence-electron chi connectivity index (χ3n) is 4.85. The first-order valence-electron chi connectivity index (χ1n) is 7.97. The molecule has 2 aromatic carbocycles. The van der Waals surface area contributed by atoms with E-state index in [-0.39, 0.29) is 5.41 Å². The van der Waals surface area contributed by atoms with Crippen LogP contribution in [-0.2, 0) is 5.41 Å². The van der Waals surface area contributed by atoms with Gasteiger partial charge in [-0.25, -0.2) is 4.98 Å². The largest absolute Gasteiger partial charge is 0.496 e. The topological polar surface area (TPSA) is 22.1 Å². The molecule has 0 N–H and O–H groups in total. The number of pyridine rings is 1. The first-order valence-corrected chi connectivity index (χ1v) is 8.77. The minimum absolute atomic E-state index is 0.0675. The molecule has 0 bridgehead atoms. The van der Waals surface area contributed by atoms with Crippen LogP contribution in [0.3, 0.4) is 0 Å². The Morgan fingerprint density at radius 1 is 0.958 bits per heavy atom. The van der Waals surface area contributed by atoms with E-state index in [9.17, 15) is 0 Å². The van der Waals surface area contributed by atoms with E-state index < -0.39 is 0 Å². The first kappa shape index (κ1) is 15.4. The SMILES string of the molecule is COc1cccc2c1-c1nc(-c3cccc(Br)c3)ccc1C2(C)C. The molecule has 3 heteroatoms. The highest BCUT2D eigenvalue weighted by Gasteiger charge is 2.38. The van der Waals surface area contributed by atoms with Gasteiger partial charge in [0.25, 0.3) is 0 Å². The smallest absolute Gasteiger partial charge is 0.128 e. The van der Waals surface area contributed by atoms with E-state index in [0.717, 1.165) is 32.7 Å². The zero-order valence-corrected chi connectivity index (χ0v) is 15.5. The van der Waals surface area contributed by atoms with Crippen molar-refractivity contribution in [1.29, 1.82) is 0 Å². The van der Waals surface area contributed by atoms with Crippen molar-refractivity contribution in [1.82, 2.24) is 4.98 Å². The number of hydrogen-bond donors (Lipinski definition) is 0. The molecular formula is C21H18BrNO. The van der Waals surface area contributed by atoms with Gasteiger partial charge in [0.05, 0.1) is 18.5 Å². The van der Waals surface area contributed by atoms with E-state index in [1.807, 2.05) is 18.2 Å². The predicted molar refractivity (Wildman–Crippen MR) is 101 cm³/mol. The van der Waals surface area contributed by atoms with Crippen molar-refractivity contribution >= 4 is 15.9 Å². The molecule has 1 aromatic heterocycles. The van der Waals surface area contributed by atoms with E-state index in [2.05, 4.69) is 66.2 Å². The summed E-state index contributed by atoms with van der Waals surface area (Å²) in [6.45, 7) is 4.50. The van der Waals surface area contributed by atoms with Gasteiger partial charge < -0.3 is 4.74 Å². The number of hydrogen-bond acceptors (Lipinski definition) is 2. The van der Waals surface area contributed by atoms with Crippen LogP contribution < -0.4 is 4.74 Å². The molecule has 0 saturated carbocycles. The maximum Gasteiger partial charge on any atom is 0.128 e. The molecule has 0 radical (unpaired) electrons. The van der Waals surface area contributed by atoms with Crippen molar-refractivity contribution in [2.75, 3.05) is 7.11 Å². The van der Waals surface area contributed by atoms with Gasteiger partial charge >= 0.3 is 0 Å². The van der Waals surface area contributed by atoms with Crippen LogP contribution in [0.4, 0.5) is 0 Å².